The second-order valence-electron chi connectivity index (χ2n) is 5.93. The number of ether oxygens (including phenoxy) is 1. The van der Waals surface area contributed by atoms with Gasteiger partial charge < -0.3 is 10.1 Å². The van der Waals surface area contributed by atoms with Crippen LogP contribution < -0.4 is 5.32 Å². The van der Waals surface area contributed by atoms with Crippen molar-refractivity contribution in [3.05, 3.63) is 16.5 Å². The number of halogens is 1. The molecule has 1 fully saturated rings. The van der Waals surface area contributed by atoms with Crippen molar-refractivity contribution in [2.45, 2.75) is 46.5 Å². The average Bonchev–Trinajstić information content (AvgIpc) is 2.42. The highest BCUT2D eigenvalue weighted by Crippen LogP contribution is 2.30. The molecule has 5 heteroatoms. The molecule has 1 aromatic heterocycles. The smallest absolute Gasteiger partial charge is 0.137 e. The zero-order valence-corrected chi connectivity index (χ0v) is 13.4. The largest absolute Gasteiger partial charge is 0.381 e. The van der Waals surface area contributed by atoms with Gasteiger partial charge >= 0.3 is 0 Å². The van der Waals surface area contributed by atoms with Crippen molar-refractivity contribution in [1.82, 2.24) is 9.97 Å². The molecule has 1 N–H and O–H groups in total. The first-order chi connectivity index (χ1) is 9.54. The summed E-state index contributed by atoms with van der Waals surface area (Å²) in [5, 5.41) is 4.03. The second kappa shape index (κ2) is 6.72. The Kier molecular flexibility index (Phi) is 5.22. The molecule has 2 heterocycles. The van der Waals surface area contributed by atoms with Crippen LogP contribution in [0.15, 0.2) is 0 Å². The van der Waals surface area contributed by atoms with E-state index in [1.165, 1.54) is 0 Å². The Hall–Kier alpha value is -0.870. The quantitative estimate of drug-likeness (QED) is 0.843. The van der Waals surface area contributed by atoms with Crippen LogP contribution in [0.5, 0.6) is 0 Å². The molecule has 0 aromatic carbocycles. The summed E-state index contributed by atoms with van der Waals surface area (Å²) in [5.41, 5.74) is 1.20. The van der Waals surface area contributed by atoms with Gasteiger partial charge in [-0.15, -0.1) is 0 Å². The summed E-state index contributed by atoms with van der Waals surface area (Å²) in [6, 6.07) is 0. The van der Waals surface area contributed by atoms with Gasteiger partial charge in [-0.25, -0.2) is 9.97 Å². The van der Waals surface area contributed by atoms with Gasteiger partial charge in [0.2, 0.25) is 0 Å². The van der Waals surface area contributed by atoms with Gasteiger partial charge in [-0.2, -0.15) is 0 Å². The molecule has 20 heavy (non-hydrogen) atoms. The lowest BCUT2D eigenvalue weighted by atomic mass is 9.82. The van der Waals surface area contributed by atoms with E-state index in [9.17, 15) is 0 Å². The van der Waals surface area contributed by atoms with E-state index in [4.69, 9.17) is 16.3 Å². The van der Waals surface area contributed by atoms with Crippen molar-refractivity contribution in [1.29, 1.82) is 0 Å². The Morgan fingerprint density at radius 2 is 2.00 bits per heavy atom. The summed E-state index contributed by atoms with van der Waals surface area (Å²) in [7, 11) is 0. The zero-order chi connectivity index (χ0) is 14.6. The number of hydrogen-bond acceptors (Lipinski definition) is 4. The van der Waals surface area contributed by atoms with Gasteiger partial charge in [0, 0.05) is 31.7 Å². The molecule has 1 aliphatic heterocycles. The molecule has 0 atom stereocenters. The lowest BCUT2D eigenvalue weighted by molar-refractivity contribution is 0.0299. The first-order valence-electron chi connectivity index (χ1n) is 7.39. The molecule has 1 saturated heterocycles. The summed E-state index contributed by atoms with van der Waals surface area (Å²) in [6.07, 6.45) is 4.05. The predicted octanol–water partition coefficient (Wildman–Crippen LogP) is 3.62. The molecule has 0 amide bonds. The molecule has 0 saturated carbocycles. The Morgan fingerprint density at radius 3 is 2.65 bits per heavy atom. The van der Waals surface area contributed by atoms with E-state index in [2.05, 4.69) is 29.1 Å². The minimum absolute atomic E-state index is 0.271. The number of aryl methyl sites for hydroxylation is 1. The molecular weight excluding hydrogens is 274 g/mol. The second-order valence-corrected chi connectivity index (χ2v) is 6.29. The van der Waals surface area contributed by atoms with Crippen molar-refractivity contribution in [2.75, 3.05) is 25.1 Å². The van der Waals surface area contributed by atoms with Crippen molar-refractivity contribution >= 4 is 17.4 Å². The van der Waals surface area contributed by atoms with E-state index in [0.29, 0.717) is 5.15 Å². The first-order valence-corrected chi connectivity index (χ1v) is 7.76. The van der Waals surface area contributed by atoms with Gasteiger partial charge in [0.15, 0.2) is 0 Å². The minimum atomic E-state index is 0.271. The maximum atomic E-state index is 6.20. The number of hydrogen-bond donors (Lipinski definition) is 1. The van der Waals surface area contributed by atoms with E-state index in [-0.39, 0.29) is 5.41 Å². The summed E-state index contributed by atoms with van der Waals surface area (Å²) in [6.45, 7) is 8.98. The summed E-state index contributed by atoms with van der Waals surface area (Å²) >= 11 is 6.20. The van der Waals surface area contributed by atoms with Crippen LogP contribution in [0.4, 0.5) is 5.82 Å². The third kappa shape index (κ3) is 3.83. The summed E-state index contributed by atoms with van der Waals surface area (Å²) in [5.74, 6) is 1.70. The number of nitrogens with one attached hydrogen (secondary N) is 1. The molecule has 0 bridgehead atoms. The average molecular weight is 298 g/mol. The minimum Gasteiger partial charge on any atom is -0.381 e. The molecule has 1 aliphatic rings. The Balaban J connectivity index is 2.08. The van der Waals surface area contributed by atoms with Crippen LogP contribution in [-0.2, 0) is 11.2 Å². The molecule has 0 spiro atoms. The molecule has 0 radical (unpaired) electrons. The summed E-state index contributed by atoms with van der Waals surface area (Å²) < 4.78 is 5.44. The number of rotatable bonds is 5. The lowest BCUT2D eigenvalue weighted by Gasteiger charge is -2.34. The van der Waals surface area contributed by atoms with Crippen molar-refractivity contribution in [2.24, 2.45) is 5.41 Å². The van der Waals surface area contributed by atoms with E-state index in [0.717, 1.165) is 62.6 Å². The SMILES string of the molecule is CCCc1nc(Cl)c(C)c(NCC2(C)CCOCC2)n1. The maximum Gasteiger partial charge on any atom is 0.137 e. The van der Waals surface area contributed by atoms with Crippen LogP contribution in [-0.4, -0.2) is 29.7 Å². The maximum absolute atomic E-state index is 6.20. The molecule has 2 rings (SSSR count). The fraction of sp³-hybridized carbons (Fsp3) is 0.733. The number of aromatic nitrogens is 2. The first kappa shape index (κ1) is 15.5. The van der Waals surface area contributed by atoms with Crippen molar-refractivity contribution in [3.63, 3.8) is 0 Å². The van der Waals surface area contributed by atoms with E-state index in [1.807, 2.05) is 6.92 Å². The van der Waals surface area contributed by atoms with Gasteiger partial charge in [0.05, 0.1) is 0 Å². The highest BCUT2D eigenvalue weighted by molar-refractivity contribution is 6.30. The number of anilines is 1. The molecule has 112 valence electrons. The normalized spacial score (nSPS) is 18.0. The Morgan fingerprint density at radius 1 is 1.30 bits per heavy atom. The Bertz CT molecular complexity index is 459. The van der Waals surface area contributed by atoms with Crippen LogP contribution >= 0.6 is 11.6 Å². The molecule has 4 nitrogen and oxygen atoms in total. The summed E-state index contributed by atoms with van der Waals surface area (Å²) in [4.78, 5) is 8.93. The molecule has 0 unspecified atom stereocenters. The van der Waals surface area contributed by atoms with Crippen molar-refractivity contribution in [3.8, 4) is 0 Å². The molecule has 0 aliphatic carbocycles. The van der Waals surface area contributed by atoms with E-state index < -0.39 is 0 Å². The van der Waals surface area contributed by atoms with Gasteiger partial charge in [-0.3, -0.25) is 0 Å². The zero-order valence-electron chi connectivity index (χ0n) is 12.6. The third-order valence-electron chi connectivity index (χ3n) is 3.99. The third-order valence-corrected chi connectivity index (χ3v) is 4.36. The van der Waals surface area contributed by atoms with Crippen LogP contribution in [0.1, 0.15) is 44.5 Å². The highest BCUT2D eigenvalue weighted by atomic mass is 35.5. The fourth-order valence-corrected chi connectivity index (χ4v) is 2.57. The van der Waals surface area contributed by atoms with Gasteiger partial charge in [-0.05, 0) is 31.6 Å². The van der Waals surface area contributed by atoms with Crippen LogP contribution in [0, 0.1) is 12.3 Å². The lowest BCUT2D eigenvalue weighted by Crippen LogP contribution is -2.33. The van der Waals surface area contributed by atoms with Crippen LogP contribution in [0.2, 0.25) is 5.15 Å². The van der Waals surface area contributed by atoms with Crippen molar-refractivity contribution < 1.29 is 4.74 Å². The standard InChI is InChI=1S/C15H24ClN3O/c1-4-5-12-18-13(16)11(2)14(19-12)17-10-15(3)6-8-20-9-7-15/h4-10H2,1-3H3,(H,17,18,19). The Labute approximate surface area is 126 Å². The fourth-order valence-electron chi connectivity index (χ4n) is 2.38. The van der Waals surface area contributed by atoms with Gasteiger partial charge in [0.25, 0.3) is 0 Å². The monoisotopic (exact) mass is 297 g/mol. The van der Waals surface area contributed by atoms with E-state index >= 15 is 0 Å². The van der Waals surface area contributed by atoms with Gasteiger partial charge in [0.1, 0.15) is 16.8 Å². The number of nitrogens with zero attached hydrogens (tertiary/aromatic N) is 2. The molecule has 1 aromatic rings. The molecular formula is C15H24ClN3O. The topological polar surface area (TPSA) is 47.0 Å². The van der Waals surface area contributed by atoms with Gasteiger partial charge in [-0.1, -0.05) is 25.4 Å². The highest BCUT2D eigenvalue weighted by Gasteiger charge is 2.27. The van der Waals surface area contributed by atoms with Crippen LogP contribution in [0.25, 0.3) is 0 Å². The van der Waals surface area contributed by atoms with Crippen LogP contribution in [0.3, 0.4) is 0 Å². The van der Waals surface area contributed by atoms with E-state index in [1.54, 1.807) is 0 Å². The predicted molar refractivity (Wildman–Crippen MR) is 82.4 cm³/mol.